The average molecular weight is 477 g/mol. The van der Waals surface area contributed by atoms with Gasteiger partial charge in [-0.3, -0.25) is 14.2 Å². The maximum Gasteiger partial charge on any atom is 0.284 e. The number of nitrogens with zero attached hydrogens (tertiary/aromatic N) is 7. The van der Waals surface area contributed by atoms with Gasteiger partial charge in [-0.25, -0.2) is 14.5 Å². The van der Waals surface area contributed by atoms with Gasteiger partial charge in [-0.2, -0.15) is 5.10 Å². The molecular formula is C23H21ClN8O2. The lowest BCUT2D eigenvalue weighted by molar-refractivity contribution is 0.0796. The third-order valence-corrected chi connectivity index (χ3v) is 6.68. The molecule has 3 aromatic heterocycles. The SMILES string of the molecule is CN1CNc2ncnc(N3CCCC3c3nn4ccc(Cl)c4c(=O)n3-c3ccccc3)c2C1=O. The van der Waals surface area contributed by atoms with E-state index in [9.17, 15) is 9.59 Å². The molecule has 1 unspecified atom stereocenters. The van der Waals surface area contributed by atoms with E-state index in [-0.39, 0.29) is 17.5 Å². The van der Waals surface area contributed by atoms with Crippen LogP contribution in [0, 0.1) is 0 Å². The van der Waals surface area contributed by atoms with E-state index in [0.29, 0.717) is 52.5 Å². The topological polar surface area (TPSA) is 101 Å². The van der Waals surface area contributed by atoms with E-state index in [2.05, 4.69) is 20.2 Å². The van der Waals surface area contributed by atoms with Crippen molar-refractivity contribution in [2.75, 3.05) is 30.5 Å². The summed E-state index contributed by atoms with van der Waals surface area (Å²) in [5, 5.41) is 8.36. The molecule has 4 aromatic rings. The second-order valence-corrected chi connectivity index (χ2v) is 8.81. The highest BCUT2D eigenvalue weighted by molar-refractivity contribution is 6.33. The fraction of sp³-hybridized carbons (Fsp3) is 0.261. The summed E-state index contributed by atoms with van der Waals surface area (Å²) in [6.45, 7) is 1.05. The van der Waals surface area contributed by atoms with Gasteiger partial charge < -0.3 is 15.1 Å². The lowest BCUT2D eigenvalue weighted by atomic mass is 10.1. The molecule has 0 radical (unpaired) electrons. The van der Waals surface area contributed by atoms with E-state index in [1.807, 2.05) is 30.3 Å². The number of anilines is 2. The summed E-state index contributed by atoms with van der Waals surface area (Å²) in [7, 11) is 1.73. The first-order valence-electron chi connectivity index (χ1n) is 11.0. The van der Waals surface area contributed by atoms with Crippen molar-refractivity contribution in [2.45, 2.75) is 18.9 Å². The summed E-state index contributed by atoms with van der Waals surface area (Å²) in [6.07, 6.45) is 4.75. The van der Waals surface area contributed by atoms with Gasteiger partial charge in [0.25, 0.3) is 11.5 Å². The fourth-order valence-corrected chi connectivity index (χ4v) is 4.98. The molecule has 1 atom stereocenters. The van der Waals surface area contributed by atoms with Crippen LogP contribution < -0.4 is 15.8 Å². The molecule has 10 nitrogen and oxygen atoms in total. The maximum atomic E-state index is 13.7. The Kier molecular flexibility index (Phi) is 4.77. The summed E-state index contributed by atoms with van der Waals surface area (Å²) < 4.78 is 3.15. The van der Waals surface area contributed by atoms with Gasteiger partial charge in [0.1, 0.15) is 29.0 Å². The zero-order chi connectivity index (χ0) is 23.4. The Morgan fingerprint density at radius 2 is 1.94 bits per heavy atom. The van der Waals surface area contributed by atoms with E-state index in [1.54, 1.807) is 28.8 Å². The molecule has 1 amide bonds. The van der Waals surface area contributed by atoms with Gasteiger partial charge in [0.05, 0.1) is 23.4 Å². The molecule has 0 spiro atoms. The molecule has 1 aromatic carbocycles. The van der Waals surface area contributed by atoms with Gasteiger partial charge in [-0.15, -0.1) is 0 Å². The minimum absolute atomic E-state index is 0.143. The molecule has 172 valence electrons. The zero-order valence-electron chi connectivity index (χ0n) is 18.3. The van der Waals surface area contributed by atoms with Gasteiger partial charge >= 0.3 is 0 Å². The second kappa shape index (κ2) is 7.84. The zero-order valence-corrected chi connectivity index (χ0v) is 19.1. The highest BCUT2D eigenvalue weighted by Crippen LogP contribution is 2.38. The van der Waals surface area contributed by atoms with E-state index < -0.39 is 0 Å². The van der Waals surface area contributed by atoms with Crippen molar-refractivity contribution >= 4 is 34.7 Å². The number of carbonyl (C=O) groups excluding carboxylic acids is 1. The number of benzene rings is 1. The molecule has 6 rings (SSSR count). The van der Waals surface area contributed by atoms with Crippen LogP contribution in [0.4, 0.5) is 11.6 Å². The number of fused-ring (bicyclic) bond motifs is 2. The summed E-state index contributed by atoms with van der Waals surface area (Å²) in [6, 6.07) is 10.8. The minimum atomic E-state index is -0.280. The molecule has 0 saturated carbocycles. The second-order valence-electron chi connectivity index (χ2n) is 8.40. The van der Waals surface area contributed by atoms with Crippen molar-refractivity contribution in [3.8, 4) is 5.69 Å². The number of nitrogens with one attached hydrogen (secondary N) is 1. The predicted molar refractivity (Wildman–Crippen MR) is 128 cm³/mol. The third-order valence-electron chi connectivity index (χ3n) is 6.37. The Morgan fingerprint density at radius 1 is 1.12 bits per heavy atom. The standard InChI is InChI=1S/C23H21ClN8O2/c1-29-13-27-19-17(22(29)33)21(26-12-25-19)30-10-5-8-16(30)20-28-31-11-9-15(24)18(31)23(34)32(20)14-6-3-2-4-7-14/h2-4,6-7,9,11-12,16H,5,8,10,13H2,1H3,(H,25,26,27). The normalized spacial score (nSPS) is 17.8. The van der Waals surface area contributed by atoms with Crippen molar-refractivity contribution in [2.24, 2.45) is 0 Å². The Balaban J connectivity index is 1.56. The van der Waals surface area contributed by atoms with Crippen molar-refractivity contribution in [3.63, 3.8) is 0 Å². The number of carbonyl (C=O) groups is 1. The molecule has 1 fully saturated rings. The molecule has 5 heterocycles. The van der Waals surface area contributed by atoms with Crippen LogP contribution in [0.25, 0.3) is 11.2 Å². The number of aromatic nitrogens is 5. The van der Waals surface area contributed by atoms with Crippen molar-refractivity contribution in [1.29, 1.82) is 0 Å². The van der Waals surface area contributed by atoms with E-state index >= 15 is 0 Å². The monoisotopic (exact) mass is 476 g/mol. The molecular weight excluding hydrogens is 456 g/mol. The number of rotatable bonds is 3. The van der Waals surface area contributed by atoms with Crippen LogP contribution in [0.15, 0.2) is 53.7 Å². The van der Waals surface area contributed by atoms with Gasteiger partial charge in [0, 0.05) is 19.8 Å². The van der Waals surface area contributed by atoms with E-state index in [4.69, 9.17) is 16.7 Å². The molecule has 0 bridgehead atoms. The van der Waals surface area contributed by atoms with Crippen LogP contribution >= 0.6 is 11.6 Å². The molecule has 34 heavy (non-hydrogen) atoms. The highest BCUT2D eigenvalue weighted by Gasteiger charge is 2.37. The van der Waals surface area contributed by atoms with E-state index in [0.717, 1.165) is 12.8 Å². The van der Waals surface area contributed by atoms with Crippen LogP contribution in [0.1, 0.15) is 35.1 Å². The largest absolute Gasteiger partial charge is 0.352 e. The van der Waals surface area contributed by atoms with Crippen LogP contribution in [0.3, 0.4) is 0 Å². The fourth-order valence-electron chi connectivity index (χ4n) is 4.76. The Morgan fingerprint density at radius 3 is 2.76 bits per heavy atom. The predicted octanol–water partition coefficient (Wildman–Crippen LogP) is 2.73. The highest BCUT2D eigenvalue weighted by atomic mass is 35.5. The lowest BCUT2D eigenvalue weighted by Crippen LogP contribution is -2.40. The quantitative estimate of drug-likeness (QED) is 0.485. The number of amides is 1. The number of hydrogen-bond donors (Lipinski definition) is 1. The Hall–Kier alpha value is -3.92. The first-order valence-corrected chi connectivity index (χ1v) is 11.4. The van der Waals surface area contributed by atoms with Crippen molar-refractivity contribution in [1.82, 2.24) is 29.0 Å². The third kappa shape index (κ3) is 3.06. The summed E-state index contributed by atoms with van der Waals surface area (Å²) in [5.74, 6) is 1.47. The summed E-state index contributed by atoms with van der Waals surface area (Å²) >= 11 is 6.33. The first-order chi connectivity index (χ1) is 16.5. The first kappa shape index (κ1) is 20.7. The Labute approximate surface area is 199 Å². The van der Waals surface area contributed by atoms with Gasteiger partial charge in [-0.05, 0) is 31.0 Å². The smallest absolute Gasteiger partial charge is 0.284 e. The van der Waals surface area contributed by atoms with Gasteiger partial charge in [-0.1, -0.05) is 29.8 Å². The minimum Gasteiger partial charge on any atom is -0.352 e. The summed E-state index contributed by atoms with van der Waals surface area (Å²) in [4.78, 5) is 39.1. The van der Waals surface area contributed by atoms with Crippen LogP contribution in [0.5, 0.6) is 0 Å². The van der Waals surface area contributed by atoms with Crippen LogP contribution in [0.2, 0.25) is 5.02 Å². The molecule has 1 saturated heterocycles. The van der Waals surface area contributed by atoms with E-state index in [1.165, 1.54) is 10.8 Å². The van der Waals surface area contributed by atoms with Crippen LogP contribution in [-0.4, -0.2) is 55.2 Å². The molecule has 0 aliphatic carbocycles. The maximum absolute atomic E-state index is 13.7. The number of hydrogen-bond acceptors (Lipinski definition) is 7. The van der Waals surface area contributed by atoms with Crippen molar-refractivity contribution in [3.05, 3.63) is 75.7 Å². The van der Waals surface area contributed by atoms with Gasteiger partial charge in [0.15, 0.2) is 5.82 Å². The Bertz CT molecular complexity index is 1480. The molecule has 11 heteroatoms. The summed E-state index contributed by atoms with van der Waals surface area (Å²) in [5.41, 5.74) is 1.20. The molecule has 1 N–H and O–H groups in total. The lowest BCUT2D eigenvalue weighted by Gasteiger charge is -2.32. The average Bonchev–Trinajstić information content (AvgIpc) is 3.48. The van der Waals surface area contributed by atoms with Crippen molar-refractivity contribution < 1.29 is 4.79 Å². The van der Waals surface area contributed by atoms with Crippen LogP contribution in [-0.2, 0) is 0 Å². The molecule has 2 aliphatic rings. The number of halogens is 1. The number of para-hydroxylation sites is 1. The molecule has 2 aliphatic heterocycles. The van der Waals surface area contributed by atoms with Gasteiger partial charge in [0.2, 0.25) is 0 Å².